The predicted molar refractivity (Wildman–Crippen MR) is 105 cm³/mol. The van der Waals surface area contributed by atoms with Crippen LogP contribution in [0.1, 0.15) is 27.7 Å². The van der Waals surface area contributed by atoms with Gasteiger partial charge in [-0.05, 0) is 57.9 Å². The van der Waals surface area contributed by atoms with Gasteiger partial charge in [0.05, 0.1) is 15.1 Å². The van der Waals surface area contributed by atoms with E-state index in [2.05, 4.69) is 35.0 Å². The predicted octanol–water partition coefficient (Wildman–Crippen LogP) is 3.25. The first-order valence-corrected chi connectivity index (χ1v) is 10.9. The molecular weight excluding hydrogens is 424 g/mol. The van der Waals surface area contributed by atoms with E-state index in [-0.39, 0.29) is 5.25 Å². The molecule has 25 heavy (non-hydrogen) atoms. The molecule has 7 heteroatoms. The van der Waals surface area contributed by atoms with Crippen molar-refractivity contribution in [1.82, 2.24) is 0 Å². The van der Waals surface area contributed by atoms with Crippen LogP contribution in [-0.4, -0.2) is 45.3 Å². The lowest BCUT2D eigenvalue weighted by Gasteiger charge is -2.40. The molecule has 0 amide bonds. The molecule has 0 radical (unpaired) electrons. The zero-order chi connectivity index (χ0) is 18.1. The van der Waals surface area contributed by atoms with Crippen LogP contribution in [0.5, 0.6) is 0 Å². The third kappa shape index (κ3) is 4.13. The average molecular weight is 445 g/mol. The minimum Gasteiger partial charge on any atom is -0.389 e. The molecule has 1 aromatic heterocycles. The minimum atomic E-state index is -1.39. The van der Waals surface area contributed by atoms with Crippen LogP contribution >= 0.6 is 39.0 Å². The zero-order valence-corrected chi connectivity index (χ0v) is 17.1. The van der Waals surface area contributed by atoms with Crippen LogP contribution in [0, 0.1) is 6.92 Å². The summed E-state index contributed by atoms with van der Waals surface area (Å²) in [5, 5.41) is 29.7. The summed E-state index contributed by atoms with van der Waals surface area (Å²) in [5.41, 5.74) is 3.27. The fourth-order valence-electron chi connectivity index (χ4n) is 3.07. The largest absolute Gasteiger partial charge is 0.389 e. The normalized spacial score (nSPS) is 29.8. The molecule has 1 saturated heterocycles. The monoisotopic (exact) mass is 444 g/mol. The van der Waals surface area contributed by atoms with E-state index in [1.165, 1.54) is 27.8 Å². The summed E-state index contributed by atoms with van der Waals surface area (Å²) >= 11 is 6.63. The lowest BCUT2D eigenvalue weighted by Crippen LogP contribution is -2.52. The maximum atomic E-state index is 10.3. The second-order valence-electron chi connectivity index (χ2n) is 6.20. The number of aryl methyl sites for hydroxylation is 1. The Hall–Kier alpha value is -0.410. The highest BCUT2D eigenvalue weighted by Crippen LogP contribution is 2.38. The van der Waals surface area contributed by atoms with Gasteiger partial charge in [0, 0.05) is 11.3 Å². The van der Waals surface area contributed by atoms with E-state index in [9.17, 15) is 15.3 Å². The van der Waals surface area contributed by atoms with Crippen LogP contribution in [0.3, 0.4) is 0 Å². The Morgan fingerprint density at radius 1 is 1.16 bits per heavy atom. The van der Waals surface area contributed by atoms with Gasteiger partial charge in [0.1, 0.15) is 12.2 Å². The van der Waals surface area contributed by atoms with E-state index in [1.807, 2.05) is 24.5 Å². The maximum absolute atomic E-state index is 10.3. The van der Waals surface area contributed by atoms with Crippen molar-refractivity contribution in [2.75, 3.05) is 6.26 Å². The molecule has 0 saturated carbocycles. The van der Waals surface area contributed by atoms with Gasteiger partial charge < -0.3 is 20.1 Å². The molecule has 3 N–H and O–H groups in total. The summed E-state index contributed by atoms with van der Waals surface area (Å²) in [6.07, 6.45) is -1.50. The molecule has 0 bridgehead atoms. The Labute approximate surface area is 164 Å². The van der Waals surface area contributed by atoms with Gasteiger partial charge in [-0.2, -0.15) is 11.8 Å². The first-order valence-electron chi connectivity index (χ1n) is 7.97. The van der Waals surface area contributed by atoms with Crippen molar-refractivity contribution in [3.8, 4) is 0 Å². The van der Waals surface area contributed by atoms with Gasteiger partial charge >= 0.3 is 0 Å². The van der Waals surface area contributed by atoms with Gasteiger partial charge in [0.15, 0.2) is 6.29 Å². The van der Waals surface area contributed by atoms with Crippen molar-refractivity contribution < 1.29 is 20.1 Å². The van der Waals surface area contributed by atoms with Crippen LogP contribution in [0.25, 0.3) is 0 Å². The number of halogens is 1. The summed E-state index contributed by atoms with van der Waals surface area (Å²) in [4.78, 5) is 1.26. The van der Waals surface area contributed by atoms with Crippen molar-refractivity contribution in [2.24, 2.45) is 0 Å². The molecule has 1 aliphatic heterocycles. The van der Waals surface area contributed by atoms with Gasteiger partial charge in [0.25, 0.3) is 0 Å². The Morgan fingerprint density at radius 2 is 1.92 bits per heavy atom. The number of thiophene rings is 1. The molecule has 1 aliphatic rings. The Bertz CT molecular complexity index is 736. The smallest absolute Gasteiger partial charge is 0.184 e. The molecule has 3 rings (SSSR count). The van der Waals surface area contributed by atoms with Crippen molar-refractivity contribution in [3.63, 3.8) is 0 Å². The van der Waals surface area contributed by atoms with Crippen molar-refractivity contribution in [3.05, 3.63) is 55.7 Å². The van der Waals surface area contributed by atoms with Gasteiger partial charge in [0.2, 0.25) is 0 Å². The van der Waals surface area contributed by atoms with Gasteiger partial charge in [-0.15, -0.1) is 11.3 Å². The highest BCUT2D eigenvalue weighted by molar-refractivity contribution is 9.11. The Morgan fingerprint density at radius 3 is 2.56 bits per heavy atom. The van der Waals surface area contributed by atoms with E-state index < -0.39 is 24.6 Å². The van der Waals surface area contributed by atoms with E-state index in [0.29, 0.717) is 0 Å². The third-order valence-corrected chi connectivity index (χ3v) is 7.22. The Kier molecular flexibility index (Phi) is 6.26. The maximum Gasteiger partial charge on any atom is 0.184 e. The third-order valence-electron chi connectivity index (χ3n) is 4.53. The van der Waals surface area contributed by atoms with E-state index in [0.717, 1.165) is 15.8 Å². The van der Waals surface area contributed by atoms with Gasteiger partial charge in [-0.1, -0.05) is 18.2 Å². The van der Waals surface area contributed by atoms with Crippen LogP contribution < -0.4 is 0 Å². The van der Waals surface area contributed by atoms with Crippen molar-refractivity contribution in [1.29, 1.82) is 0 Å². The quantitative estimate of drug-likeness (QED) is 0.674. The van der Waals surface area contributed by atoms with Crippen LogP contribution in [0.2, 0.25) is 0 Å². The molecule has 0 aliphatic carbocycles. The molecule has 4 nitrogen and oxygen atoms in total. The average Bonchev–Trinajstić information content (AvgIpc) is 2.99. The number of hydrogen-bond donors (Lipinski definition) is 3. The van der Waals surface area contributed by atoms with Crippen LogP contribution in [-0.2, 0) is 11.2 Å². The molecule has 1 unspecified atom stereocenters. The number of hydrogen-bond acceptors (Lipinski definition) is 6. The van der Waals surface area contributed by atoms with Crippen LogP contribution in [0.4, 0.5) is 0 Å². The molecule has 2 heterocycles. The van der Waals surface area contributed by atoms with E-state index >= 15 is 0 Å². The minimum absolute atomic E-state index is 0.343. The second kappa shape index (κ2) is 8.08. The van der Waals surface area contributed by atoms with Crippen LogP contribution in [0.15, 0.2) is 34.1 Å². The lowest BCUT2D eigenvalue weighted by molar-refractivity contribution is -0.245. The first-order chi connectivity index (χ1) is 11.9. The number of rotatable bonds is 4. The SMILES string of the molecule is CS[C@H]1C(c2ccc(C)c(Cc3ccc(Br)s3)c2)O[C@H](O)[C@@H](O)[C@@H]1O. The summed E-state index contributed by atoms with van der Waals surface area (Å²) in [5.74, 6) is 0. The summed E-state index contributed by atoms with van der Waals surface area (Å²) < 4.78 is 6.73. The van der Waals surface area contributed by atoms with Crippen molar-refractivity contribution in [2.45, 2.75) is 43.2 Å². The Balaban J connectivity index is 1.90. The van der Waals surface area contributed by atoms with E-state index in [1.54, 1.807) is 11.3 Å². The molecular formula is C18H21BrO4S2. The molecule has 5 atom stereocenters. The van der Waals surface area contributed by atoms with Gasteiger partial charge in [-0.3, -0.25) is 0 Å². The molecule has 0 spiro atoms. The topological polar surface area (TPSA) is 69.9 Å². The highest BCUT2D eigenvalue weighted by Gasteiger charge is 2.44. The van der Waals surface area contributed by atoms with E-state index in [4.69, 9.17) is 4.74 Å². The summed E-state index contributed by atoms with van der Waals surface area (Å²) in [6, 6.07) is 10.2. The molecule has 1 aromatic carbocycles. The lowest BCUT2D eigenvalue weighted by atomic mass is 9.93. The highest BCUT2D eigenvalue weighted by atomic mass is 79.9. The van der Waals surface area contributed by atoms with Crippen molar-refractivity contribution >= 4 is 39.0 Å². The summed E-state index contributed by atoms with van der Waals surface area (Å²) in [7, 11) is 0. The molecule has 1 fully saturated rings. The summed E-state index contributed by atoms with van der Waals surface area (Å²) in [6.45, 7) is 2.07. The number of aliphatic hydroxyl groups excluding tert-OH is 3. The van der Waals surface area contributed by atoms with Gasteiger partial charge in [-0.25, -0.2) is 0 Å². The number of aliphatic hydroxyl groups is 3. The first kappa shape index (κ1) is 19.4. The number of benzene rings is 1. The zero-order valence-electron chi connectivity index (χ0n) is 13.9. The number of ether oxygens (including phenoxy) is 1. The molecule has 2 aromatic rings. The number of thioether (sulfide) groups is 1. The second-order valence-corrected chi connectivity index (χ2v) is 9.76. The fourth-order valence-corrected chi connectivity index (χ4v) is 5.49. The standard InChI is InChI=1S/C18H21BrO4S2/c1-9-3-4-10(7-11(9)8-12-5-6-13(19)25-12)16-17(24-2)14(20)15(21)18(22)23-16/h3-7,14-18,20-22H,8H2,1-2H3/t14-,15-,16?,17+,18-/m0/s1. The fraction of sp³-hybridized carbons (Fsp3) is 0.444. The molecule has 136 valence electrons.